The van der Waals surface area contributed by atoms with Gasteiger partial charge in [-0.1, -0.05) is 35.3 Å². The van der Waals surface area contributed by atoms with E-state index in [-0.39, 0.29) is 38.9 Å². The molecule has 10 heteroatoms. The molecule has 0 saturated carbocycles. The molecule has 29 heavy (non-hydrogen) atoms. The zero-order valence-electron chi connectivity index (χ0n) is 14.9. The first kappa shape index (κ1) is 21.3. The number of esters is 2. The Kier molecular flexibility index (Phi) is 6.56. The van der Waals surface area contributed by atoms with Gasteiger partial charge >= 0.3 is 17.6 Å². The highest BCUT2D eigenvalue weighted by molar-refractivity contribution is 9.10. The summed E-state index contributed by atoms with van der Waals surface area (Å²) in [5.41, 5.74) is 0.0518. The van der Waals surface area contributed by atoms with Crippen LogP contribution in [0, 0.1) is 5.21 Å². The van der Waals surface area contributed by atoms with E-state index in [9.17, 15) is 14.8 Å². The number of fused-ring (bicyclic) bond motifs is 1. The highest BCUT2D eigenvalue weighted by Crippen LogP contribution is 2.26. The van der Waals surface area contributed by atoms with Gasteiger partial charge in [0, 0.05) is 10.5 Å². The van der Waals surface area contributed by atoms with E-state index in [1.54, 1.807) is 31.2 Å². The second-order valence-electron chi connectivity index (χ2n) is 5.73. The number of carbonyl (C=O) groups excluding carboxylic acids is 2. The minimum Gasteiger partial charge on any atom is -0.618 e. The van der Waals surface area contributed by atoms with Crippen LogP contribution in [0.3, 0.4) is 0 Å². The zero-order chi connectivity index (χ0) is 21.1. The zero-order valence-corrected chi connectivity index (χ0v) is 18.0. The Morgan fingerprint density at radius 2 is 1.83 bits per heavy atom. The fourth-order valence-electron chi connectivity index (χ4n) is 2.55. The van der Waals surface area contributed by atoms with Gasteiger partial charge in [0.1, 0.15) is 12.1 Å². The van der Waals surface area contributed by atoms with E-state index in [1.165, 1.54) is 12.1 Å². The molecular formula is C19H13BrCl2N2O5. The van der Waals surface area contributed by atoms with Gasteiger partial charge in [0.15, 0.2) is 5.69 Å². The molecule has 0 bridgehead atoms. The van der Waals surface area contributed by atoms with Crippen molar-refractivity contribution in [1.82, 2.24) is 4.98 Å². The molecule has 0 aliphatic heterocycles. The van der Waals surface area contributed by atoms with Crippen molar-refractivity contribution >= 4 is 62.1 Å². The first-order chi connectivity index (χ1) is 13.8. The molecule has 0 atom stereocenters. The summed E-state index contributed by atoms with van der Waals surface area (Å²) in [4.78, 5) is 29.0. The van der Waals surface area contributed by atoms with Crippen LogP contribution < -0.4 is 4.73 Å². The number of carbonyl (C=O) groups is 2. The fourth-order valence-corrected chi connectivity index (χ4v) is 3.32. The van der Waals surface area contributed by atoms with Crippen LogP contribution in [0.5, 0.6) is 0 Å². The average molecular weight is 500 g/mol. The summed E-state index contributed by atoms with van der Waals surface area (Å²) in [6, 6.07) is 9.38. The fraction of sp³-hybridized carbons (Fsp3) is 0.158. The minimum absolute atomic E-state index is 0.0309. The number of halogens is 3. The maximum absolute atomic E-state index is 12.8. The largest absolute Gasteiger partial charge is 0.618 e. The lowest BCUT2D eigenvalue weighted by Gasteiger charge is -2.12. The number of aromatic nitrogens is 2. The first-order valence-electron chi connectivity index (χ1n) is 8.33. The summed E-state index contributed by atoms with van der Waals surface area (Å²) in [6.45, 7) is 1.23. The number of rotatable bonds is 5. The molecule has 0 N–H and O–H groups in total. The van der Waals surface area contributed by atoms with Gasteiger partial charge < -0.3 is 14.7 Å². The molecule has 7 nitrogen and oxygen atoms in total. The van der Waals surface area contributed by atoms with Crippen molar-refractivity contribution in [2.24, 2.45) is 0 Å². The molecule has 1 aromatic heterocycles. The Morgan fingerprint density at radius 3 is 2.52 bits per heavy atom. The predicted molar refractivity (Wildman–Crippen MR) is 110 cm³/mol. The number of nitrogens with zero attached hydrogens (tertiary/aromatic N) is 2. The van der Waals surface area contributed by atoms with E-state index in [0.29, 0.717) is 9.20 Å². The van der Waals surface area contributed by atoms with E-state index in [0.717, 1.165) is 0 Å². The summed E-state index contributed by atoms with van der Waals surface area (Å²) >= 11 is 15.2. The van der Waals surface area contributed by atoms with E-state index >= 15 is 0 Å². The molecule has 0 aliphatic rings. The van der Waals surface area contributed by atoms with Crippen molar-refractivity contribution in [3.63, 3.8) is 0 Å². The molecule has 2 aromatic carbocycles. The molecule has 1 heterocycles. The Morgan fingerprint density at radius 1 is 1.14 bits per heavy atom. The highest BCUT2D eigenvalue weighted by atomic mass is 79.9. The standard InChI is InChI=1S/C19H13BrCl2N2O5/c1-2-28-19(26)17-15(9-29-18(25)10-5-3-4-6-11(10)20)23-14-7-12(21)13(22)8-16(14)24(17)27/h3-8H,2,9H2,1H3. The van der Waals surface area contributed by atoms with Gasteiger partial charge in [-0.2, -0.15) is 4.73 Å². The van der Waals surface area contributed by atoms with Crippen molar-refractivity contribution < 1.29 is 23.8 Å². The Labute approximate surface area is 183 Å². The van der Waals surface area contributed by atoms with Crippen molar-refractivity contribution in [1.29, 1.82) is 0 Å². The third kappa shape index (κ3) is 4.44. The molecule has 0 spiro atoms. The molecule has 150 valence electrons. The van der Waals surface area contributed by atoms with Gasteiger partial charge in [-0.15, -0.1) is 0 Å². The Bertz CT molecular complexity index is 1120. The normalized spacial score (nSPS) is 10.8. The lowest BCUT2D eigenvalue weighted by molar-refractivity contribution is -0.581. The molecule has 0 saturated heterocycles. The van der Waals surface area contributed by atoms with E-state index in [4.69, 9.17) is 32.7 Å². The molecule has 0 radical (unpaired) electrons. The quantitative estimate of drug-likeness (QED) is 0.292. The second kappa shape index (κ2) is 8.94. The summed E-state index contributed by atoms with van der Waals surface area (Å²) < 4.78 is 11.1. The van der Waals surface area contributed by atoms with Crippen molar-refractivity contribution in [3.05, 3.63) is 73.1 Å². The molecule has 0 amide bonds. The summed E-state index contributed by atoms with van der Waals surface area (Å²) in [7, 11) is 0. The van der Waals surface area contributed by atoms with Crippen LogP contribution >= 0.6 is 39.1 Å². The Balaban J connectivity index is 2.04. The Hall–Kier alpha value is -2.42. The van der Waals surface area contributed by atoms with Crippen molar-refractivity contribution in [3.8, 4) is 0 Å². The van der Waals surface area contributed by atoms with Gasteiger partial charge in [0.2, 0.25) is 5.52 Å². The smallest absolute Gasteiger partial charge is 0.407 e. The van der Waals surface area contributed by atoms with Crippen LogP contribution in [0.4, 0.5) is 0 Å². The van der Waals surface area contributed by atoms with Gasteiger partial charge in [0.05, 0.1) is 22.2 Å². The van der Waals surface area contributed by atoms with E-state index < -0.39 is 24.2 Å². The van der Waals surface area contributed by atoms with Crippen molar-refractivity contribution in [2.75, 3.05) is 6.61 Å². The maximum atomic E-state index is 12.8. The van der Waals surface area contributed by atoms with Crippen LogP contribution in [0.15, 0.2) is 40.9 Å². The highest BCUT2D eigenvalue weighted by Gasteiger charge is 2.29. The van der Waals surface area contributed by atoms with Crippen LogP contribution in [-0.2, 0) is 16.1 Å². The van der Waals surface area contributed by atoms with Gasteiger partial charge in [-0.25, -0.2) is 14.6 Å². The monoisotopic (exact) mass is 498 g/mol. The van der Waals surface area contributed by atoms with Crippen LogP contribution in [0.1, 0.15) is 33.5 Å². The van der Waals surface area contributed by atoms with Crippen molar-refractivity contribution in [2.45, 2.75) is 13.5 Å². The number of benzene rings is 2. The second-order valence-corrected chi connectivity index (χ2v) is 7.40. The van der Waals surface area contributed by atoms with E-state index in [1.807, 2.05) is 0 Å². The average Bonchev–Trinajstić information content (AvgIpc) is 2.68. The number of hydrogen-bond donors (Lipinski definition) is 0. The van der Waals surface area contributed by atoms with Crippen LogP contribution in [0.25, 0.3) is 11.0 Å². The lowest BCUT2D eigenvalue weighted by atomic mass is 10.2. The molecular weight excluding hydrogens is 487 g/mol. The summed E-state index contributed by atoms with van der Waals surface area (Å²) in [5, 5.41) is 13.1. The molecule has 3 rings (SSSR count). The molecule has 0 unspecified atom stereocenters. The van der Waals surface area contributed by atoms with Gasteiger partial charge in [-0.05, 0) is 41.1 Å². The van der Waals surface area contributed by atoms with Crippen LogP contribution in [0.2, 0.25) is 10.0 Å². The third-order valence-corrected chi connectivity index (χ3v) is 5.28. The summed E-state index contributed by atoms with van der Waals surface area (Å²) in [5.74, 6) is -1.55. The third-order valence-electron chi connectivity index (χ3n) is 3.87. The lowest BCUT2D eigenvalue weighted by Crippen LogP contribution is -2.39. The number of hydrogen-bond acceptors (Lipinski definition) is 6. The van der Waals surface area contributed by atoms with Crippen LogP contribution in [-0.4, -0.2) is 23.5 Å². The topological polar surface area (TPSA) is 92.4 Å². The predicted octanol–water partition coefficient (Wildman–Crippen LogP) is 4.47. The van der Waals surface area contributed by atoms with Gasteiger partial charge in [-0.3, -0.25) is 0 Å². The minimum atomic E-state index is -0.894. The maximum Gasteiger partial charge on any atom is 0.407 e. The first-order valence-corrected chi connectivity index (χ1v) is 9.88. The summed E-state index contributed by atoms with van der Waals surface area (Å²) in [6.07, 6.45) is 0. The van der Waals surface area contributed by atoms with Gasteiger partial charge in [0.25, 0.3) is 0 Å². The molecule has 3 aromatic rings. The number of ether oxygens (including phenoxy) is 2. The van der Waals surface area contributed by atoms with E-state index in [2.05, 4.69) is 20.9 Å². The SMILES string of the molecule is CCOC(=O)c1c(COC(=O)c2ccccc2Br)nc2cc(Cl)c(Cl)cc2[n+]1[O-]. The molecule has 0 aliphatic carbocycles. The molecule has 0 fully saturated rings.